The Bertz CT molecular complexity index is 613. The Kier molecular flexibility index (Phi) is 3.80. The highest BCUT2D eigenvalue weighted by Crippen LogP contribution is 2.24. The molecule has 0 unspecified atom stereocenters. The highest BCUT2D eigenvalue weighted by atomic mass is 16.2. The molecule has 0 aromatic carbocycles. The van der Waals surface area contributed by atoms with Crippen molar-refractivity contribution >= 4 is 11.8 Å². The Morgan fingerprint density at radius 1 is 1.57 bits per heavy atom. The number of hydrogen-bond donors (Lipinski definition) is 1. The summed E-state index contributed by atoms with van der Waals surface area (Å²) < 4.78 is 0. The van der Waals surface area contributed by atoms with Gasteiger partial charge in [0, 0.05) is 24.5 Å². The topological polar surface area (TPSA) is 85.2 Å². The molecule has 0 saturated carbocycles. The number of carbonyl (C=O) groups is 1. The number of nitrogens with one attached hydrogen (secondary N) is 1. The Hall–Kier alpha value is -2.62. The average Bonchev–Trinajstić information content (AvgIpc) is 2.74. The first kappa shape index (κ1) is 14.8. The Labute approximate surface area is 123 Å². The minimum Gasteiger partial charge on any atom is -0.309 e. The molecule has 1 saturated heterocycles. The van der Waals surface area contributed by atoms with Gasteiger partial charge in [-0.25, -0.2) is 14.8 Å². The summed E-state index contributed by atoms with van der Waals surface area (Å²) in [7, 11) is 0. The molecule has 2 amide bonds. The van der Waals surface area contributed by atoms with Gasteiger partial charge in [0.25, 0.3) is 0 Å². The SMILES string of the molecule is C=C1CN(N(CC(C)(C)C)c2ccnc(C#N)n2)C(=O)N1. The zero-order chi connectivity index (χ0) is 15.6. The van der Waals surface area contributed by atoms with Crippen LogP contribution in [0, 0.1) is 16.7 Å². The lowest BCUT2D eigenvalue weighted by atomic mass is 9.96. The van der Waals surface area contributed by atoms with Crippen molar-refractivity contribution in [2.45, 2.75) is 20.8 Å². The van der Waals surface area contributed by atoms with Crippen LogP contribution in [0.4, 0.5) is 10.6 Å². The standard InChI is InChI=1S/C14H18N6O/c1-10-8-19(13(21)17-10)20(9-14(2,3)4)12-5-6-16-11(7-15)18-12/h5-6H,1,8-9H2,2-4H3,(H,17,21). The Morgan fingerprint density at radius 2 is 2.29 bits per heavy atom. The fourth-order valence-electron chi connectivity index (χ4n) is 1.99. The molecule has 110 valence electrons. The van der Waals surface area contributed by atoms with Gasteiger partial charge in [0.05, 0.1) is 6.54 Å². The second-order valence-corrected chi connectivity index (χ2v) is 6.06. The van der Waals surface area contributed by atoms with E-state index in [1.54, 1.807) is 11.1 Å². The molecular formula is C14H18N6O. The van der Waals surface area contributed by atoms with Gasteiger partial charge < -0.3 is 5.32 Å². The fourth-order valence-corrected chi connectivity index (χ4v) is 1.99. The van der Waals surface area contributed by atoms with Gasteiger partial charge in [0.1, 0.15) is 6.07 Å². The summed E-state index contributed by atoms with van der Waals surface area (Å²) in [4.78, 5) is 20.1. The van der Waals surface area contributed by atoms with Crippen molar-refractivity contribution in [3.63, 3.8) is 0 Å². The molecular weight excluding hydrogens is 268 g/mol. The zero-order valence-corrected chi connectivity index (χ0v) is 12.4. The molecule has 7 nitrogen and oxygen atoms in total. The summed E-state index contributed by atoms with van der Waals surface area (Å²) in [6.45, 7) is 10.9. The monoisotopic (exact) mass is 286 g/mol. The van der Waals surface area contributed by atoms with Crippen LogP contribution >= 0.6 is 0 Å². The first-order chi connectivity index (χ1) is 9.80. The number of carbonyl (C=O) groups excluding carboxylic acids is 1. The third-order valence-corrected chi connectivity index (χ3v) is 2.78. The zero-order valence-electron chi connectivity index (χ0n) is 12.4. The maximum absolute atomic E-state index is 12.0. The minimum absolute atomic E-state index is 0.0675. The van der Waals surface area contributed by atoms with Gasteiger partial charge in [-0.1, -0.05) is 27.4 Å². The number of nitriles is 1. The molecule has 2 rings (SSSR count). The van der Waals surface area contributed by atoms with Gasteiger partial charge in [0.15, 0.2) is 5.82 Å². The number of amides is 2. The molecule has 1 N–H and O–H groups in total. The quantitative estimate of drug-likeness (QED) is 0.913. The number of aromatic nitrogens is 2. The first-order valence-electron chi connectivity index (χ1n) is 6.57. The van der Waals surface area contributed by atoms with E-state index >= 15 is 0 Å². The van der Waals surface area contributed by atoms with Crippen LogP contribution in [0.2, 0.25) is 0 Å². The number of anilines is 1. The van der Waals surface area contributed by atoms with Gasteiger partial charge in [0.2, 0.25) is 5.82 Å². The lowest BCUT2D eigenvalue weighted by Gasteiger charge is -2.36. The van der Waals surface area contributed by atoms with Crippen LogP contribution in [-0.2, 0) is 0 Å². The highest BCUT2D eigenvalue weighted by molar-refractivity contribution is 5.81. The number of rotatable bonds is 3. The molecule has 21 heavy (non-hydrogen) atoms. The van der Waals surface area contributed by atoms with E-state index < -0.39 is 0 Å². The van der Waals surface area contributed by atoms with Crippen molar-refractivity contribution in [1.29, 1.82) is 5.26 Å². The molecule has 7 heteroatoms. The maximum Gasteiger partial charge on any atom is 0.340 e. The summed E-state index contributed by atoms with van der Waals surface area (Å²) in [6, 6.07) is 3.34. The molecule has 1 fully saturated rings. The molecule has 1 aromatic rings. The third-order valence-electron chi connectivity index (χ3n) is 2.78. The van der Waals surface area contributed by atoms with E-state index in [1.807, 2.05) is 6.07 Å². The highest BCUT2D eigenvalue weighted by Gasteiger charge is 2.32. The van der Waals surface area contributed by atoms with Crippen LogP contribution in [0.1, 0.15) is 26.6 Å². The van der Waals surface area contributed by atoms with Crippen LogP contribution < -0.4 is 10.3 Å². The number of hydrazine groups is 1. The molecule has 0 aliphatic carbocycles. The largest absolute Gasteiger partial charge is 0.340 e. The van der Waals surface area contributed by atoms with E-state index in [2.05, 4.69) is 42.6 Å². The predicted molar refractivity (Wildman–Crippen MR) is 77.9 cm³/mol. The Balaban J connectivity index is 2.38. The van der Waals surface area contributed by atoms with Crippen molar-refractivity contribution in [1.82, 2.24) is 20.3 Å². The summed E-state index contributed by atoms with van der Waals surface area (Å²) in [5.74, 6) is 0.589. The van der Waals surface area contributed by atoms with Crippen molar-refractivity contribution in [2.24, 2.45) is 5.41 Å². The molecule has 0 atom stereocenters. The van der Waals surface area contributed by atoms with Gasteiger partial charge >= 0.3 is 6.03 Å². The smallest absolute Gasteiger partial charge is 0.309 e. The average molecular weight is 286 g/mol. The first-order valence-corrected chi connectivity index (χ1v) is 6.57. The molecule has 2 heterocycles. The molecule has 1 aliphatic rings. The lowest BCUT2D eigenvalue weighted by Crippen LogP contribution is -2.49. The van der Waals surface area contributed by atoms with E-state index in [4.69, 9.17) is 5.26 Å². The van der Waals surface area contributed by atoms with Gasteiger partial charge in [-0.2, -0.15) is 10.2 Å². The summed E-state index contributed by atoms with van der Waals surface area (Å²) in [6.07, 6.45) is 1.51. The van der Waals surface area contributed by atoms with Crippen molar-refractivity contribution < 1.29 is 4.79 Å². The van der Waals surface area contributed by atoms with Crippen molar-refractivity contribution in [3.05, 3.63) is 30.4 Å². The van der Waals surface area contributed by atoms with E-state index in [-0.39, 0.29) is 17.3 Å². The van der Waals surface area contributed by atoms with Gasteiger partial charge in [-0.05, 0) is 5.41 Å². The molecule has 1 aromatic heterocycles. The van der Waals surface area contributed by atoms with Crippen LogP contribution in [-0.4, -0.2) is 34.1 Å². The van der Waals surface area contributed by atoms with Crippen molar-refractivity contribution in [2.75, 3.05) is 18.1 Å². The summed E-state index contributed by atoms with van der Waals surface area (Å²) in [5.41, 5.74) is 0.565. The van der Waals surface area contributed by atoms with E-state index in [9.17, 15) is 4.79 Å². The van der Waals surface area contributed by atoms with Gasteiger partial charge in [-0.3, -0.25) is 5.01 Å². The van der Waals surface area contributed by atoms with Crippen molar-refractivity contribution in [3.8, 4) is 6.07 Å². The summed E-state index contributed by atoms with van der Waals surface area (Å²) >= 11 is 0. The summed E-state index contributed by atoms with van der Waals surface area (Å²) in [5, 5.41) is 14.9. The minimum atomic E-state index is -0.249. The second-order valence-electron chi connectivity index (χ2n) is 6.06. The predicted octanol–water partition coefficient (Wildman–Crippen LogP) is 1.65. The maximum atomic E-state index is 12.0. The fraction of sp³-hybridized carbons (Fsp3) is 0.429. The second kappa shape index (κ2) is 5.40. The van der Waals surface area contributed by atoms with Crippen LogP contribution in [0.3, 0.4) is 0 Å². The van der Waals surface area contributed by atoms with Crippen LogP contribution in [0.25, 0.3) is 0 Å². The Morgan fingerprint density at radius 3 is 2.81 bits per heavy atom. The number of nitrogens with zero attached hydrogens (tertiary/aromatic N) is 5. The van der Waals surface area contributed by atoms with Crippen LogP contribution in [0.5, 0.6) is 0 Å². The molecule has 0 bridgehead atoms. The number of urea groups is 1. The van der Waals surface area contributed by atoms with Gasteiger partial charge in [-0.15, -0.1) is 0 Å². The third kappa shape index (κ3) is 3.48. The van der Waals surface area contributed by atoms with E-state index in [0.717, 1.165) is 0 Å². The number of hydrogen-bond acceptors (Lipinski definition) is 5. The molecule has 0 spiro atoms. The molecule has 1 aliphatic heterocycles. The van der Waals surface area contributed by atoms with Crippen LogP contribution in [0.15, 0.2) is 24.5 Å². The molecule has 0 radical (unpaired) electrons. The van der Waals surface area contributed by atoms with E-state index in [1.165, 1.54) is 11.2 Å². The lowest BCUT2D eigenvalue weighted by molar-refractivity contribution is 0.204. The normalized spacial score (nSPS) is 14.9. The van der Waals surface area contributed by atoms with E-state index in [0.29, 0.717) is 24.6 Å².